The van der Waals surface area contributed by atoms with Crippen LogP contribution in [0.5, 0.6) is 0 Å². The Morgan fingerprint density at radius 2 is 1.20 bits per heavy atom. The van der Waals surface area contributed by atoms with Crippen LogP contribution in [0.1, 0.15) is 0 Å². The highest BCUT2D eigenvalue weighted by molar-refractivity contribution is 8.77. The van der Waals surface area contributed by atoms with Gasteiger partial charge >= 0.3 is 0 Å². The lowest BCUT2D eigenvalue weighted by atomic mass is 10.7. The van der Waals surface area contributed by atoms with E-state index < -0.39 is 0 Å². The van der Waals surface area contributed by atoms with Crippen LogP contribution < -0.4 is 22.9 Å². The maximum Gasteiger partial charge on any atom is 0.0736 e. The van der Waals surface area contributed by atoms with Gasteiger partial charge in [0, 0.05) is 13.1 Å². The Labute approximate surface area is 68.8 Å². The van der Waals surface area contributed by atoms with E-state index in [-0.39, 0.29) is 10.7 Å². The molecule has 0 aromatic heterocycles. The molecule has 2 atom stereocenters. The molecule has 2 unspecified atom stereocenters. The molecular weight excluding hydrogens is 168 g/mol. The highest BCUT2D eigenvalue weighted by atomic mass is 33.1. The van der Waals surface area contributed by atoms with Gasteiger partial charge in [0.25, 0.3) is 0 Å². The lowest BCUT2D eigenvalue weighted by Gasteiger charge is -2.10. The molecule has 6 heteroatoms. The summed E-state index contributed by atoms with van der Waals surface area (Å²) in [5, 5.41) is -0.0785. The van der Waals surface area contributed by atoms with Crippen LogP contribution in [0.15, 0.2) is 0 Å². The van der Waals surface area contributed by atoms with E-state index in [1.165, 1.54) is 21.6 Å². The third-order valence-corrected chi connectivity index (χ3v) is 3.57. The average Bonchev–Trinajstić information content (AvgIpc) is 1.99. The van der Waals surface area contributed by atoms with Gasteiger partial charge in [-0.25, -0.2) is 0 Å². The standard InChI is InChI=1S/C4H14N4S2/c5-1-3(7)9-10-4(8)2-6/h3-4H,1-2,5-8H2. The van der Waals surface area contributed by atoms with Gasteiger partial charge in [-0.2, -0.15) is 0 Å². The van der Waals surface area contributed by atoms with Crippen LogP contribution in [0.3, 0.4) is 0 Å². The predicted octanol–water partition coefficient (Wildman–Crippen LogP) is -1.15. The van der Waals surface area contributed by atoms with E-state index in [0.29, 0.717) is 13.1 Å². The van der Waals surface area contributed by atoms with Crippen molar-refractivity contribution in [2.75, 3.05) is 13.1 Å². The number of hydrogen-bond donors (Lipinski definition) is 4. The van der Waals surface area contributed by atoms with Crippen LogP contribution >= 0.6 is 21.6 Å². The second-order valence-corrected chi connectivity index (χ2v) is 4.49. The molecule has 0 fully saturated rings. The Bertz CT molecular complexity index is 71.7. The van der Waals surface area contributed by atoms with Crippen molar-refractivity contribution < 1.29 is 0 Å². The molecule has 0 aromatic rings. The van der Waals surface area contributed by atoms with E-state index in [1.807, 2.05) is 0 Å². The lowest BCUT2D eigenvalue weighted by molar-refractivity contribution is 0.910. The molecule has 62 valence electrons. The number of hydrogen-bond acceptors (Lipinski definition) is 6. The maximum absolute atomic E-state index is 5.50. The van der Waals surface area contributed by atoms with Crippen LogP contribution in [-0.4, -0.2) is 23.8 Å². The van der Waals surface area contributed by atoms with Crippen LogP contribution in [0.25, 0.3) is 0 Å². The van der Waals surface area contributed by atoms with E-state index in [0.717, 1.165) is 0 Å². The fourth-order valence-electron chi connectivity index (χ4n) is 0.221. The van der Waals surface area contributed by atoms with Crippen molar-refractivity contribution in [3.8, 4) is 0 Å². The predicted molar refractivity (Wildman–Crippen MR) is 49.2 cm³/mol. The fraction of sp³-hybridized carbons (Fsp3) is 1.00. The van der Waals surface area contributed by atoms with Gasteiger partial charge in [-0.05, 0) is 0 Å². The first-order valence-corrected chi connectivity index (χ1v) is 5.21. The molecule has 0 radical (unpaired) electrons. The normalized spacial score (nSPS) is 16.8. The van der Waals surface area contributed by atoms with Crippen molar-refractivity contribution in [2.45, 2.75) is 10.7 Å². The zero-order valence-electron chi connectivity index (χ0n) is 5.69. The topological polar surface area (TPSA) is 104 Å². The number of rotatable bonds is 5. The molecule has 0 spiro atoms. The molecule has 0 rings (SSSR count). The zero-order valence-corrected chi connectivity index (χ0v) is 7.33. The van der Waals surface area contributed by atoms with Crippen molar-refractivity contribution in [1.82, 2.24) is 0 Å². The molecule has 0 saturated carbocycles. The third-order valence-electron chi connectivity index (χ3n) is 0.767. The first kappa shape index (κ1) is 10.5. The summed E-state index contributed by atoms with van der Waals surface area (Å²) in [5.74, 6) is 0. The van der Waals surface area contributed by atoms with Gasteiger partial charge in [0.2, 0.25) is 0 Å². The first-order chi connectivity index (χ1) is 4.70. The van der Waals surface area contributed by atoms with E-state index >= 15 is 0 Å². The molecule has 0 bridgehead atoms. The lowest BCUT2D eigenvalue weighted by Crippen LogP contribution is -2.28. The minimum atomic E-state index is -0.0393. The van der Waals surface area contributed by atoms with E-state index in [4.69, 9.17) is 22.9 Å². The summed E-state index contributed by atoms with van der Waals surface area (Å²) in [4.78, 5) is 0. The third kappa shape index (κ3) is 5.33. The fourth-order valence-corrected chi connectivity index (χ4v) is 1.99. The van der Waals surface area contributed by atoms with Gasteiger partial charge in [-0.3, -0.25) is 0 Å². The molecule has 0 amide bonds. The van der Waals surface area contributed by atoms with E-state index in [1.54, 1.807) is 0 Å². The van der Waals surface area contributed by atoms with E-state index in [2.05, 4.69) is 0 Å². The Kier molecular flexibility index (Phi) is 6.60. The monoisotopic (exact) mass is 182 g/mol. The molecule has 10 heavy (non-hydrogen) atoms. The second-order valence-electron chi connectivity index (χ2n) is 1.74. The van der Waals surface area contributed by atoms with Gasteiger partial charge in [0.05, 0.1) is 10.7 Å². The summed E-state index contributed by atoms with van der Waals surface area (Å²) in [5.41, 5.74) is 21.5. The molecule has 0 aliphatic heterocycles. The Morgan fingerprint density at radius 3 is 1.40 bits per heavy atom. The summed E-state index contributed by atoms with van der Waals surface area (Å²) in [6.45, 7) is 0.934. The Balaban J connectivity index is 3.17. The summed E-state index contributed by atoms with van der Waals surface area (Å²) in [6.07, 6.45) is 0. The van der Waals surface area contributed by atoms with Crippen LogP contribution in [-0.2, 0) is 0 Å². The first-order valence-electron chi connectivity index (χ1n) is 2.94. The molecule has 0 saturated heterocycles. The van der Waals surface area contributed by atoms with Crippen molar-refractivity contribution >= 4 is 21.6 Å². The summed E-state index contributed by atoms with van der Waals surface area (Å²) >= 11 is 0. The summed E-state index contributed by atoms with van der Waals surface area (Å²) in [6, 6.07) is 0. The largest absolute Gasteiger partial charge is 0.328 e. The molecule has 8 N–H and O–H groups in total. The van der Waals surface area contributed by atoms with Crippen LogP contribution in [0, 0.1) is 0 Å². The average molecular weight is 182 g/mol. The van der Waals surface area contributed by atoms with Crippen molar-refractivity contribution in [1.29, 1.82) is 0 Å². The van der Waals surface area contributed by atoms with Gasteiger partial charge < -0.3 is 22.9 Å². The highest BCUT2D eigenvalue weighted by Gasteiger charge is 2.04. The Morgan fingerprint density at radius 1 is 0.900 bits per heavy atom. The van der Waals surface area contributed by atoms with Crippen LogP contribution in [0.2, 0.25) is 0 Å². The molecule has 0 heterocycles. The molecular formula is C4H14N4S2. The zero-order chi connectivity index (χ0) is 7.98. The van der Waals surface area contributed by atoms with Gasteiger partial charge in [-0.15, -0.1) is 0 Å². The second kappa shape index (κ2) is 6.26. The van der Waals surface area contributed by atoms with Gasteiger partial charge in [-0.1, -0.05) is 21.6 Å². The molecule has 0 aliphatic rings. The molecule has 0 aliphatic carbocycles. The summed E-state index contributed by atoms with van der Waals surface area (Å²) < 4.78 is 0. The van der Waals surface area contributed by atoms with Gasteiger partial charge in [0.1, 0.15) is 0 Å². The number of nitrogens with two attached hydrogens (primary N) is 4. The maximum atomic E-state index is 5.50. The van der Waals surface area contributed by atoms with Crippen molar-refractivity contribution in [2.24, 2.45) is 22.9 Å². The van der Waals surface area contributed by atoms with E-state index in [9.17, 15) is 0 Å². The van der Waals surface area contributed by atoms with Crippen molar-refractivity contribution in [3.63, 3.8) is 0 Å². The summed E-state index contributed by atoms with van der Waals surface area (Å²) in [7, 11) is 2.95. The smallest absolute Gasteiger partial charge is 0.0736 e. The van der Waals surface area contributed by atoms with Crippen molar-refractivity contribution in [3.05, 3.63) is 0 Å². The molecule has 0 aromatic carbocycles. The minimum Gasteiger partial charge on any atom is -0.328 e. The Hall–Kier alpha value is 0.540. The van der Waals surface area contributed by atoms with Gasteiger partial charge in [0.15, 0.2) is 0 Å². The van der Waals surface area contributed by atoms with Crippen LogP contribution in [0.4, 0.5) is 0 Å². The molecule has 4 nitrogen and oxygen atoms in total. The quantitative estimate of drug-likeness (QED) is 0.316. The highest BCUT2D eigenvalue weighted by Crippen LogP contribution is 2.25. The minimum absolute atomic E-state index is 0.0393. The SMILES string of the molecule is NCC(N)SSC(N)CN.